The first-order chi connectivity index (χ1) is 16.7. The number of benzene rings is 1. The maximum Gasteiger partial charge on any atom is 0.295 e. The lowest BCUT2D eigenvalue weighted by Gasteiger charge is -2.30. The van der Waals surface area contributed by atoms with E-state index in [1.165, 1.54) is 43.3 Å². The second-order valence-electron chi connectivity index (χ2n) is 8.54. The van der Waals surface area contributed by atoms with E-state index >= 15 is 0 Å². The zero-order valence-electron chi connectivity index (χ0n) is 19.6. The predicted octanol–water partition coefficient (Wildman–Crippen LogP) is 1.09. The van der Waals surface area contributed by atoms with E-state index < -0.39 is 27.8 Å². The second kappa shape index (κ2) is 10.2. The quantitative estimate of drug-likeness (QED) is 0.341. The molecule has 0 bridgehead atoms. The lowest BCUT2D eigenvalue weighted by molar-refractivity contribution is -0.140. The van der Waals surface area contributed by atoms with Crippen molar-refractivity contribution >= 4 is 27.5 Å². The van der Waals surface area contributed by atoms with Crippen LogP contribution in [-0.4, -0.2) is 97.8 Å². The molecule has 0 radical (unpaired) electrons. The molecule has 0 spiro atoms. The normalized spacial score (nSPS) is 21.1. The van der Waals surface area contributed by atoms with Gasteiger partial charge in [0.1, 0.15) is 5.76 Å². The molecule has 2 aliphatic heterocycles. The molecule has 4 rings (SSSR count). The number of ether oxygens (including phenoxy) is 1. The number of morpholine rings is 1. The van der Waals surface area contributed by atoms with Crippen LogP contribution in [0.4, 0.5) is 0 Å². The first-order valence-corrected chi connectivity index (χ1v) is 12.7. The molecular formula is C24H28N4O6S. The van der Waals surface area contributed by atoms with E-state index in [-0.39, 0.29) is 21.8 Å². The molecule has 1 aromatic heterocycles. The number of pyridine rings is 1. The second-order valence-corrected chi connectivity index (χ2v) is 10.7. The fourth-order valence-electron chi connectivity index (χ4n) is 4.22. The molecule has 0 aliphatic carbocycles. The minimum atomic E-state index is -3.65. The van der Waals surface area contributed by atoms with Gasteiger partial charge in [-0.1, -0.05) is 6.07 Å². The van der Waals surface area contributed by atoms with Crippen molar-refractivity contribution in [3.05, 3.63) is 65.5 Å². The Labute approximate surface area is 204 Å². The Morgan fingerprint density at radius 2 is 1.80 bits per heavy atom. The van der Waals surface area contributed by atoms with Crippen molar-refractivity contribution in [2.75, 3.05) is 53.5 Å². The molecule has 1 aromatic carbocycles. The van der Waals surface area contributed by atoms with Gasteiger partial charge in [-0.2, -0.15) is 0 Å². The molecule has 0 unspecified atom stereocenters. The summed E-state index contributed by atoms with van der Waals surface area (Å²) in [5.74, 6) is -1.84. The molecule has 2 fully saturated rings. The summed E-state index contributed by atoms with van der Waals surface area (Å²) < 4.78 is 31.2. The maximum atomic E-state index is 13.1. The largest absolute Gasteiger partial charge is 0.507 e. The Morgan fingerprint density at radius 1 is 1.11 bits per heavy atom. The first kappa shape index (κ1) is 25.0. The topological polar surface area (TPSA) is 120 Å². The Hall–Kier alpha value is -3.12. The van der Waals surface area contributed by atoms with E-state index in [1.807, 2.05) is 0 Å². The van der Waals surface area contributed by atoms with E-state index in [0.29, 0.717) is 31.9 Å². The number of aliphatic hydroxyl groups is 1. The fraction of sp³-hybridized carbons (Fsp3) is 0.375. The highest BCUT2D eigenvalue weighted by atomic mass is 32.2. The molecule has 1 atom stereocenters. The number of aromatic nitrogens is 1. The number of Topliss-reactive ketones (excluding diaryl/α,β-unsaturated/α-hetero) is 1. The molecular weight excluding hydrogens is 472 g/mol. The number of amides is 1. The van der Waals surface area contributed by atoms with Crippen LogP contribution in [0.5, 0.6) is 0 Å². The summed E-state index contributed by atoms with van der Waals surface area (Å²) in [4.78, 5) is 34.0. The predicted molar refractivity (Wildman–Crippen MR) is 128 cm³/mol. The van der Waals surface area contributed by atoms with Crippen molar-refractivity contribution in [1.82, 2.24) is 19.1 Å². The molecule has 1 N–H and O–H groups in total. The number of carbonyl (C=O) groups excluding carboxylic acids is 2. The minimum absolute atomic E-state index is 0.0480. The number of likely N-dealkylation sites (tertiary alicyclic amines) is 1. The van der Waals surface area contributed by atoms with Crippen LogP contribution in [0.1, 0.15) is 17.2 Å². The van der Waals surface area contributed by atoms with Gasteiger partial charge < -0.3 is 14.7 Å². The zero-order valence-corrected chi connectivity index (χ0v) is 20.4. The number of aliphatic hydroxyl groups excluding tert-OH is 1. The molecule has 2 saturated heterocycles. The Bertz CT molecular complexity index is 1220. The van der Waals surface area contributed by atoms with Crippen LogP contribution in [-0.2, 0) is 24.3 Å². The van der Waals surface area contributed by atoms with Crippen LogP contribution in [0.25, 0.3) is 5.76 Å². The van der Waals surface area contributed by atoms with Gasteiger partial charge in [0.25, 0.3) is 11.7 Å². The van der Waals surface area contributed by atoms with E-state index in [9.17, 15) is 23.1 Å². The molecule has 2 aromatic rings. The molecule has 11 heteroatoms. The van der Waals surface area contributed by atoms with Crippen LogP contribution in [0.3, 0.4) is 0 Å². The molecule has 10 nitrogen and oxygen atoms in total. The Kier molecular flexibility index (Phi) is 7.31. The monoisotopic (exact) mass is 500 g/mol. The molecule has 2 aliphatic rings. The SMILES string of the molecule is CN(C)S(=O)(=O)c1ccc(C(O)=C2C(=O)C(=O)N(CCN3CCOCC3)[C@@H]2c2cccnc2)cc1. The van der Waals surface area contributed by atoms with Gasteiger partial charge in [-0.3, -0.25) is 19.5 Å². The van der Waals surface area contributed by atoms with Crippen LogP contribution in [0, 0.1) is 0 Å². The van der Waals surface area contributed by atoms with Crippen molar-refractivity contribution < 1.29 is 27.9 Å². The number of carbonyl (C=O) groups is 2. The van der Waals surface area contributed by atoms with Gasteiger partial charge in [-0.15, -0.1) is 0 Å². The van der Waals surface area contributed by atoms with Crippen LogP contribution in [0.2, 0.25) is 0 Å². The Morgan fingerprint density at radius 3 is 2.40 bits per heavy atom. The summed E-state index contributed by atoms with van der Waals surface area (Å²) in [5.41, 5.74) is 0.790. The summed E-state index contributed by atoms with van der Waals surface area (Å²) in [5, 5.41) is 11.2. The highest BCUT2D eigenvalue weighted by molar-refractivity contribution is 7.89. The average Bonchev–Trinajstić information content (AvgIpc) is 3.13. The first-order valence-electron chi connectivity index (χ1n) is 11.2. The third kappa shape index (κ3) is 4.98. The molecule has 3 heterocycles. The number of sulfonamides is 1. The van der Waals surface area contributed by atoms with Gasteiger partial charge in [-0.25, -0.2) is 12.7 Å². The third-order valence-electron chi connectivity index (χ3n) is 6.21. The summed E-state index contributed by atoms with van der Waals surface area (Å²) in [6.45, 7) is 3.56. The zero-order chi connectivity index (χ0) is 25.2. The highest BCUT2D eigenvalue weighted by Gasteiger charge is 2.46. The average molecular weight is 501 g/mol. The number of rotatable bonds is 7. The van der Waals surface area contributed by atoms with E-state index in [0.717, 1.165) is 17.4 Å². The molecule has 186 valence electrons. The number of hydrogen-bond acceptors (Lipinski definition) is 8. The summed E-state index contributed by atoms with van der Waals surface area (Å²) in [6, 6.07) is 8.22. The fourth-order valence-corrected chi connectivity index (χ4v) is 5.12. The van der Waals surface area contributed by atoms with Gasteiger partial charge >= 0.3 is 0 Å². The van der Waals surface area contributed by atoms with Crippen molar-refractivity contribution in [1.29, 1.82) is 0 Å². The molecule has 35 heavy (non-hydrogen) atoms. The maximum absolute atomic E-state index is 13.1. The van der Waals surface area contributed by atoms with Crippen molar-refractivity contribution in [3.8, 4) is 0 Å². The van der Waals surface area contributed by atoms with Crippen molar-refractivity contribution in [3.63, 3.8) is 0 Å². The summed E-state index contributed by atoms with van der Waals surface area (Å²) in [7, 11) is -0.802. The lowest BCUT2D eigenvalue weighted by Crippen LogP contribution is -2.42. The van der Waals surface area contributed by atoms with Gasteiger partial charge in [0, 0.05) is 58.2 Å². The van der Waals surface area contributed by atoms with Crippen molar-refractivity contribution in [2.45, 2.75) is 10.9 Å². The minimum Gasteiger partial charge on any atom is -0.507 e. The van der Waals surface area contributed by atoms with E-state index in [4.69, 9.17) is 4.74 Å². The summed E-state index contributed by atoms with van der Waals surface area (Å²) >= 11 is 0. The van der Waals surface area contributed by atoms with E-state index in [2.05, 4.69) is 9.88 Å². The highest BCUT2D eigenvalue weighted by Crippen LogP contribution is 2.39. The number of nitrogens with zero attached hydrogens (tertiary/aromatic N) is 4. The van der Waals surface area contributed by atoms with Crippen LogP contribution < -0.4 is 0 Å². The van der Waals surface area contributed by atoms with Gasteiger partial charge in [0.2, 0.25) is 10.0 Å². The van der Waals surface area contributed by atoms with Gasteiger partial charge in [0.15, 0.2) is 0 Å². The summed E-state index contributed by atoms with van der Waals surface area (Å²) in [6.07, 6.45) is 3.16. The number of hydrogen-bond donors (Lipinski definition) is 1. The number of ketones is 1. The van der Waals surface area contributed by atoms with E-state index in [1.54, 1.807) is 24.5 Å². The van der Waals surface area contributed by atoms with Crippen molar-refractivity contribution in [2.24, 2.45) is 0 Å². The van der Waals surface area contributed by atoms with Gasteiger partial charge in [0.05, 0.1) is 29.7 Å². The van der Waals surface area contributed by atoms with Crippen LogP contribution in [0.15, 0.2) is 59.3 Å². The van der Waals surface area contributed by atoms with Gasteiger partial charge in [-0.05, 0) is 35.9 Å². The lowest BCUT2D eigenvalue weighted by atomic mass is 9.96. The van der Waals surface area contributed by atoms with Crippen LogP contribution >= 0.6 is 0 Å². The molecule has 1 amide bonds. The third-order valence-corrected chi connectivity index (χ3v) is 8.04. The smallest absolute Gasteiger partial charge is 0.295 e. The standard InChI is InChI=1S/C24H28N4O6S/c1-26(2)35(32,33)19-7-5-17(6-8-19)22(29)20-21(18-4-3-9-25-16-18)28(24(31)23(20)30)11-10-27-12-14-34-15-13-27/h3-9,16,21,29H,10-15H2,1-2H3/t21-/m1/s1. The molecule has 0 saturated carbocycles. The Balaban J connectivity index is 1.71.